The molecular weight excluding hydrogens is 224 g/mol. The number of rotatable bonds is 4. The molecule has 1 aromatic heterocycles. The first-order valence-electron chi connectivity index (χ1n) is 6.52. The smallest absolute Gasteiger partial charge is 0.133 e. The van der Waals surface area contributed by atoms with Crippen molar-refractivity contribution >= 4 is 0 Å². The molecule has 1 saturated carbocycles. The highest BCUT2D eigenvalue weighted by Gasteiger charge is 2.29. The van der Waals surface area contributed by atoms with E-state index in [1.807, 2.05) is 13.0 Å². The third-order valence-electron chi connectivity index (χ3n) is 3.66. The lowest BCUT2D eigenvalue weighted by atomic mass is 9.76. The summed E-state index contributed by atoms with van der Waals surface area (Å²) in [6.07, 6.45) is 2.45. The largest absolute Gasteiger partial charge is 0.361 e. The van der Waals surface area contributed by atoms with Gasteiger partial charge in [0.1, 0.15) is 5.76 Å². The fourth-order valence-electron chi connectivity index (χ4n) is 2.53. The second-order valence-corrected chi connectivity index (χ2v) is 5.09. The van der Waals surface area contributed by atoms with Gasteiger partial charge in [-0.05, 0) is 31.2 Å². The fourth-order valence-corrected chi connectivity index (χ4v) is 2.53. The summed E-state index contributed by atoms with van der Waals surface area (Å²) in [5.74, 6) is 1.60. The highest BCUT2D eigenvalue weighted by molar-refractivity contribution is 5.22. The van der Waals surface area contributed by atoms with Crippen LogP contribution in [0.1, 0.15) is 35.8 Å². The first-order chi connectivity index (χ1) is 8.81. The molecule has 0 unspecified atom stereocenters. The van der Waals surface area contributed by atoms with E-state index in [1.54, 1.807) is 0 Å². The normalized spacial score (nSPS) is 22.7. The van der Waals surface area contributed by atoms with Gasteiger partial charge in [0.25, 0.3) is 0 Å². The molecule has 1 fully saturated rings. The van der Waals surface area contributed by atoms with Gasteiger partial charge in [-0.15, -0.1) is 0 Å². The number of nitrogens with zero attached hydrogens (tertiary/aromatic N) is 1. The van der Waals surface area contributed by atoms with Gasteiger partial charge in [-0.3, -0.25) is 0 Å². The van der Waals surface area contributed by atoms with Gasteiger partial charge in [0.2, 0.25) is 0 Å². The average molecular weight is 242 g/mol. The third-order valence-corrected chi connectivity index (χ3v) is 3.66. The zero-order chi connectivity index (χ0) is 12.4. The van der Waals surface area contributed by atoms with Gasteiger partial charge < -0.3 is 9.84 Å². The van der Waals surface area contributed by atoms with E-state index in [9.17, 15) is 0 Å². The van der Waals surface area contributed by atoms with Gasteiger partial charge in [0.15, 0.2) is 0 Å². The quantitative estimate of drug-likeness (QED) is 0.895. The molecule has 18 heavy (non-hydrogen) atoms. The van der Waals surface area contributed by atoms with Crippen LogP contribution < -0.4 is 5.32 Å². The molecule has 1 aliphatic carbocycles. The maximum atomic E-state index is 5.05. The molecule has 1 aliphatic rings. The fraction of sp³-hybridized carbons (Fsp3) is 0.400. The SMILES string of the molecule is Cc1cc(CNC2CC(c3ccccc3)C2)no1. The first-order valence-corrected chi connectivity index (χ1v) is 6.52. The lowest BCUT2D eigenvalue weighted by Gasteiger charge is -2.36. The Morgan fingerprint density at radius 2 is 2.06 bits per heavy atom. The van der Waals surface area contributed by atoms with Crippen LogP contribution in [0.25, 0.3) is 0 Å². The second kappa shape index (κ2) is 4.94. The Morgan fingerprint density at radius 1 is 1.28 bits per heavy atom. The molecule has 3 nitrogen and oxygen atoms in total. The maximum Gasteiger partial charge on any atom is 0.133 e. The van der Waals surface area contributed by atoms with Crippen molar-refractivity contribution in [2.24, 2.45) is 0 Å². The van der Waals surface area contributed by atoms with Crippen molar-refractivity contribution in [3.8, 4) is 0 Å². The van der Waals surface area contributed by atoms with Crippen molar-refractivity contribution < 1.29 is 4.52 Å². The Morgan fingerprint density at radius 3 is 2.72 bits per heavy atom. The lowest BCUT2D eigenvalue weighted by Crippen LogP contribution is -2.39. The molecule has 0 aliphatic heterocycles. The number of aryl methyl sites for hydroxylation is 1. The van der Waals surface area contributed by atoms with E-state index < -0.39 is 0 Å². The Hall–Kier alpha value is -1.61. The molecule has 0 amide bonds. The summed E-state index contributed by atoms with van der Waals surface area (Å²) < 4.78 is 5.05. The van der Waals surface area contributed by atoms with E-state index >= 15 is 0 Å². The van der Waals surface area contributed by atoms with Gasteiger partial charge in [-0.2, -0.15) is 0 Å². The average Bonchev–Trinajstić information content (AvgIpc) is 2.74. The van der Waals surface area contributed by atoms with E-state index in [0.29, 0.717) is 6.04 Å². The minimum atomic E-state index is 0.618. The van der Waals surface area contributed by atoms with Gasteiger partial charge >= 0.3 is 0 Å². The Labute approximate surface area is 107 Å². The summed E-state index contributed by atoms with van der Waals surface area (Å²) in [4.78, 5) is 0. The molecule has 0 spiro atoms. The van der Waals surface area contributed by atoms with Crippen molar-refractivity contribution in [2.45, 2.75) is 38.3 Å². The molecule has 1 N–H and O–H groups in total. The standard InChI is InChI=1S/C15H18N2O/c1-11-7-15(17-18-11)10-16-14-8-13(9-14)12-5-3-2-4-6-12/h2-7,13-14,16H,8-10H2,1H3. The summed E-state index contributed by atoms with van der Waals surface area (Å²) in [6.45, 7) is 2.73. The molecule has 3 heteroatoms. The van der Waals surface area contributed by atoms with Crippen molar-refractivity contribution in [1.29, 1.82) is 0 Å². The van der Waals surface area contributed by atoms with Crippen molar-refractivity contribution in [2.75, 3.05) is 0 Å². The maximum absolute atomic E-state index is 5.05. The second-order valence-electron chi connectivity index (χ2n) is 5.09. The van der Waals surface area contributed by atoms with Gasteiger partial charge in [0.05, 0.1) is 5.69 Å². The monoisotopic (exact) mass is 242 g/mol. The summed E-state index contributed by atoms with van der Waals surface area (Å²) in [5.41, 5.74) is 2.46. The van der Waals surface area contributed by atoms with Crippen molar-refractivity contribution in [1.82, 2.24) is 10.5 Å². The highest BCUT2D eigenvalue weighted by Crippen LogP contribution is 2.36. The molecular formula is C15H18N2O. The minimum absolute atomic E-state index is 0.618. The van der Waals surface area contributed by atoms with Crippen molar-refractivity contribution in [3.05, 3.63) is 53.4 Å². The molecule has 1 aromatic carbocycles. The summed E-state index contributed by atoms with van der Waals surface area (Å²) in [7, 11) is 0. The number of hydrogen-bond acceptors (Lipinski definition) is 3. The van der Waals surface area contributed by atoms with Crippen LogP contribution in [0, 0.1) is 6.92 Å². The number of hydrogen-bond donors (Lipinski definition) is 1. The minimum Gasteiger partial charge on any atom is -0.361 e. The van der Waals surface area contributed by atoms with Crippen LogP contribution in [0.3, 0.4) is 0 Å². The molecule has 0 bridgehead atoms. The topological polar surface area (TPSA) is 38.1 Å². The van der Waals surface area contributed by atoms with Crippen LogP contribution in [0.2, 0.25) is 0 Å². The van der Waals surface area contributed by atoms with Crippen LogP contribution >= 0.6 is 0 Å². The molecule has 3 rings (SSSR count). The van der Waals surface area contributed by atoms with Crippen LogP contribution in [-0.2, 0) is 6.54 Å². The zero-order valence-corrected chi connectivity index (χ0v) is 10.6. The van der Waals surface area contributed by atoms with Crippen LogP contribution in [-0.4, -0.2) is 11.2 Å². The van der Waals surface area contributed by atoms with Gasteiger partial charge in [-0.25, -0.2) is 0 Å². The van der Waals surface area contributed by atoms with Crippen molar-refractivity contribution in [3.63, 3.8) is 0 Å². The van der Waals surface area contributed by atoms with E-state index in [1.165, 1.54) is 18.4 Å². The zero-order valence-electron chi connectivity index (χ0n) is 10.6. The number of benzene rings is 1. The predicted molar refractivity (Wildman–Crippen MR) is 70.3 cm³/mol. The Balaban J connectivity index is 1.46. The molecule has 2 aromatic rings. The molecule has 1 heterocycles. The van der Waals surface area contributed by atoms with E-state index in [0.717, 1.165) is 23.9 Å². The molecule has 94 valence electrons. The van der Waals surface area contributed by atoms with Gasteiger partial charge in [0, 0.05) is 18.7 Å². The van der Waals surface area contributed by atoms with Crippen LogP contribution in [0.5, 0.6) is 0 Å². The van der Waals surface area contributed by atoms with E-state index in [4.69, 9.17) is 4.52 Å². The van der Waals surface area contributed by atoms with Crippen LogP contribution in [0.4, 0.5) is 0 Å². The van der Waals surface area contributed by atoms with Gasteiger partial charge in [-0.1, -0.05) is 35.5 Å². The Bertz CT molecular complexity index is 500. The lowest BCUT2D eigenvalue weighted by molar-refractivity contribution is 0.286. The summed E-state index contributed by atoms with van der Waals surface area (Å²) >= 11 is 0. The molecule has 0 radical (unpaired) electrons. The van der Waals surface area contributed by atoms with Crippen LogP contribution in [0.15, 0.2) is 40.9 Å². The third kappa shape index (κ3) is 2.46. The van der Waals surface area contributed by atoms with E-state index in [-0.39, 0.29) is 0 Å². The number of nitrogens with one attached hydrogen (secondary N) is 1. The number of aromatic nitrogens is 1. The summed E-state index contributed by atoms with van der Waals surface area (Å²) in [6, 6.07) is 13.4. The first kappa shape index (κ1) is 11.5. The highest BCUT2D eigenvalue weighted by atomic mass is 16.5. The van der Waals surface area contributed by atoms with E-state index in [2.05, 4.69) is 40.8 Å². The molecule has 0 atom stereocenters. The Kier molecular flexibility index (Phi) is 3.15. The predicted octanol–water partition coefficient (Wildman–Crippen LogP) is 3.02. The molecule has 0 saturated heterocycles. The summed E-state index contributed by atoms with van der Waals surface area (Å²) in [5, 5.41) is 7.51.